The molecule has 6 heteroatoms. The number of benzene rings is 1. The number of aromatic hydroxyl groups is 1. The van der Waals surface area contributed by atoms with Crippen LogP contribution in [-0.2, 0) is 13.0 Å². The lowest BCUT2D eigenvalue weighted by Crippen LogP contribution is -2.15. The van der Waals surface area contributed by atoms with Crippen molar-refractivity contribution in [1.82, 2.24) is 4.90 Å². The van der Waals surface area contributed by atoms with Gasteiger partial charge in [-0.2, -0.15) is 0 Å². The van der Waals surface area contributed by atoms with Gasteiger partial charge in [-0.15, -0.1) is 0 Å². The van der Waals surface area contributed by atoms with Crippen LogP contribution in [0.5, 0.6) is 11.5 Å². The quantitative estimate of drug-likeness (QED) is 0.859. The van der Waals surface area contributed by atoms with Gasteiger partial charge in [-0.25, -0.2) is 4.39 Å². The lowest BCUT2D eigenvalue weighted by Gasteiger charge is -2.17. The number of alkyl halides is 1. The van der Waals surface area contributed by atoms with E-state index < -0.39 is 6.17 Å². The number of allylic oxidation sites excluding steroid dienone is 3. The number of hydrogen-bond acceptors (Lipinski definition) is 5. The van der Waals surface area contributed by atoms with E-state index in [1.807, 2.05) is 25.9 Å². The summed E-state index contributed by atoms with van der Waals surface area (Å²) < 4.78 is 24.9. The molecule has 0 amide bonds. The van der Waals surface area contributed by atoms with Crippen molar-refractivity contribution in [3.63, 3.8) is 0 Å². The predicted octanol–water partition coefficient (Wildman–Crippen LogP) is 3.99. The molecule has 2 aromatic rings. The summed E-state index contributed by atoms with van der Waals surface area (Å²) in [6.07, 6.45) is 4.29. The summed E-state index contributed by atoms with van der Waals surface area (Å²) in [6, 6.07) is 1.66. The van der Waals surface area contributed by atoms with E-state index in [4.69, 9.17) is 9.15 Å². The lowest BCUT2D eigenvalue weighted by molar-refractivity contribution is 0.368. The highest BCUT2D eigenvalue weighted by molar-refractivity contribution is 5.85. The van der Waals surface area contributed by atoms with Crippen LogP contribution in [0.4, 0.5) is 4.39 Å². The van der Waals surface area contributed by atoms with E-state index in [-0.39, 0.29) is 23.3 Å². The predicted molar refractivity (Wildman–Crippen MR) is 103 cm³/mol. The molecule has 144 valence electrons. The van der Waals surface area contributed by atoms with Gasteiger partial charge < -0.3 is 19.2 Å². The number of phenols is 1. The topological polar surface area (TPSA) is 62.9 Å². The Morgan fingerprint density at radius 2 is 2.15 bits per heavy atom. The normalized spacial score (nSPS) is 16.8. The van der Waals surface area contributed by atoms with Gasteiger partial charge in [-0.3, -0.25) is 4.79 Å². The molecule has 0 radical (unpaired) electrons. The molecule has 1 aliphatic carbocycles. The van der Waals surface area contributed by atoms with E-state index in [1.165, 1.54) is 12.2 Å². The Labute approximate surface area is 157 Å². The van der Waals surface area contributed by atoms with Crippen molar-refractivity contribution < 1.29 is 18.7 Å². The second-order valence-electron chi connectivity index (χ2n) is 6.97. The first kappa shape index (κ1) is 19.2. The van der Waals surface area contributed by atoms with Crippen molar-refractivity contribution in [2.45, 2.75) is 39.4 Å². The first-order chi connectivity index (χ1) is 12.8. The van der Waals surface area contributed by atoms with E-state index in [1.54, 1.807) is 19.1 Å². The summed E-state index contributed by atoms with van der Waals surface area (Å²) in [5.74, 6) is 0.968. The molecule has 0 saturated carbocycles. The molecular formula is C21H24FNO4. The molecule has 0 aliphatic heterocycles. The third-order valence-corrected chi connectivity index (χ3v) is 4.54. The molecule has 1 heterocycles. The maximum Gasteiger partial charge on any atom is 0.235 e. The SMILES string of the molecule is CCc1cc2c(=O)c(OC3=CC[C@H](F)C=C3)c(C)oc2c(CN(C)C)c1O. The van der Waals surface area contributed by atoms with Crippen LogP contribution in [0.1, 0.15) is 30.2 Å². The number of aryl methyl sites for hydroxylation is 2. The number of rotatable bonds is 5. The maximum absolute atomic E-state index is 13.2. The highest BCUT2D eigenvalue weighted by Crippen LogP contribution is 2.34. The number of nitrogens with zero attached hydrogens (tertiary/aromatic N) is 1. The molecule has 0 unspecified atom stereocenters. The van der Waals surface area contributed by atoms with Gasteiger partial charge in [0, 0.05) is 13.0 Å². The van der Waals surface area contributed by atoms with Gasteiger partial charge in [0.2, 0.25) is 11.2 Å². The van der Waals surface area contributed by atoms with Gasteiger partial charge in [0.25, 0.3) is 0 Å². The Hall–Kier alpha value is -2.60. The number of halogens is 1. The first-order valence-corrected chi connectivity index (χ1v) is 8.98. The van der Waals surface area contributed by atoms with Crippen LogP contribution >= 0.6 is 0 Å². The third-order valence-electron chi connectivity index (χ3n) is 4.54. The molecule has 0 fully saturated rings. The minimum atomic E-state index is -1.03. The van der Waals surface area contributed by atoms with Gasteiger partial charge in [-0.05, 0) is 57.3 Å². The van der Waals surface area contributed by atoms with Crippen LogP contribution in [-0.4, -0.2) is 30.3 Å². The highest BCUT2D eigenvalue weighted by Gasteiger charge is 2.21. The van der Waals surface area contributed by atoms with Crippen molar-refractivity contribution in [2.24, 2.45) is 0 Å². The molecule has 1 aromatic carbocycles. The number of phenolic OH excluding ortho intramolecular Hbond substituents is 1. The molecule has 1 N–H and O–H groups in total. The van der Waals surface area contributed by atoms with Crippen LogP contribution in [0.15, 0.2) is 39.3 Å². The van der Waals surface area contributed by atoms with E-state index in [9.17, 15) is 14.3 Å². The zero-order valence-electron chi connectivity index (χ0n) is 16.0. The molecule has 0 saturated heterocycles. The third kappa shape index (κ3) is 3.76. The zero-order valence-corrected chi connectivity index (χ0v) is 16.0. The minimum absolute atomic E-state index is 0.0826. The highest BCUT2D eigenvalue weighted by atomic mass is 19.1. The number of fused-ring (bicyclic) bond motifs is 1. The molecule has 3 rings (SSSR count). The summed E-state index contributed by atoms with van der Waals surface area (Å²) in [4.78, 5) is 15.0. The van der Waals surface area contributed by atoms with Crippen LogP contribution < -0.4 is 10.2 Å². The fourth-order valence-corrected chi connectivity index (χ4v) is 3.16. The Kier molecular flexibility index (Phi) is 5.37. The molecular weight excluding hydrogens is 349 g/mol. The van der Waals surface area contributed by atoms with Crippen molar-refractivity contribution >= 4 is 11.0 Å². The van der Waals surface area contributed by atoms with Crippen molar-refractivity contribution in [3.8, 4) is 11.5 Å². The summed E-state index contributed by atoms with van der Waals surface area (Å²) in [6.45, 7) is 3.99. The Balaban J connectivity index is 2.17. The molecule has 5 nitrogen and oxygen atoms in total. The molecule has 0 bridgehead atoms. The smallest absolute Gasteiger partial charge is 0.235 e. The monoisotopic (exact) mass is 373 g/mol. The Morgan fingerprint density at radius 1 is 1.41 bits per heavy atom. The average Bonchev–Trinajstić information content (AvgIpc) is 2.62. The largest absolute Gasteiger partial charge is 0.507 e. The van der Waals surface area contributed by atoms with E-state index in [2.05, 4.69) is 0 Å². The fraction of sp³-hybridized carbons (Fsp3) is 0.381. The molecule has 0 spiro atoms. The van der Waals surface area contributed by atoms with E-state index in [0.717, 1.165) is 0 Å². The Bertz CT molecular complexity index is 988. The number of ether oxygens (including phenoxy) is 1. The van der Waals surface area contributed by atoms with E-state index in [0.29, 0.717) is 46.6 Å². The molecule has 1 aliphatic rings. The minimum Gasteiger partial charge on any atom is -0.507 e. The first-order valence-electron chi connectivity index (χ1n) is 8.98. The summed E-state index contributed by atoms with van der Waals surface area (Å²) >= 11 is 0. The second kappa shape index (κ2) is 7.56. The Morgan fingerprint density at radius 3 is 2.74 bits per heavy atom. The average molecular weight is 373 g/mol. The standard InChI is InChI=1S/C21H24FNO4/c1-5-13-10-16-19(25)20(27-15-8-6-14(22)7-9-15)12(2)26-21(16)17(18(13)24)11-23(3)4/h6,8-10,14,24H,5,7,11H2,1-4H3/t14-/m1/s1. The number of hydrogen-bond donors (Lipinski definition) is 1. The zero-order chi connectivity index (χ0) is 19.7. The van der Waals surface area contributed by atoms with Gasteiger partial charge >= 0.3 is 0 Å². The van der Waals surface area contributed by atoms with E-state index >= 15 is 0 Å². The fourth-order valence-electron chi connectivity index (χ4n) is 3.16. The van der Waals surface area contributed by atoms with Crippen molar-refractivity contribution in [2.75, 3.05) is 14.1 Å². The second-order valence-corrected chi connectivity index (χ2v) is 6.97. The van der Waals surface area contributed by atoms with Crippen LogP contribution in [0.25, 0.3) is 11.0 Å². The van der Waals surface area contributed by atoms with Crippen molar-refractivity contribution in [3.05, 3.63) is 57.2 Å². The van der Waals surface area contributed by atoms with Gasteiger partial charge in [0.15, 0.2) is 0 Å². The van der Waals surface area contributed by atoms with Gasteiger partial charge in [0.05, 0.1) is 10.9 Å². The lowest BCUT2D eigenvalue weighted by atomic mass is 10.0. The molecule has 27 heavy (non-hydrogen) atoms. The van der Waals surface area contributed by atoms with Gasteiger partial charge in [0.1, 0.15) is 29.0 Å². The summed E-state index contributed by atoms with van der Waals surface area (Å²) in [5, 5.41) is 11.0. The van der Waals surface area contributed by atoms with Crippen LogP contribution in [0.3, 0.4) is 0 Å². The van der Waals surface area contributed by atoms with Crippen LogP contribution in [0.2, 0.25) is 0 Å². The molecule has 1 aromatic heterocycles. The summed E-state index contributed by atoms with van der Waals surface area (Å²) in [5.41, 5.74) is 1.32. The van der Waals surface area contributed by atoms with Gasteiger partial charge in [-0.1, -0.05) is 6.92 Å². The maximum atomic E-state index is 13.2. The van der Waals surface area contributed by atoms with Crippen molar-refractivity contribution in [1.29, 1.82) is 0 Å². The molecule has 1 atom stereocenters. The summed E-state index contributed by atoms with van der Waals surface area (Å²) in [7, 11) is 3.76. The van der Waals surface area contributed by atoms with Crippen LogP contribution in [0, 0.1) is 6.92 Å².